The van der Waals surface area contributed by atoms with E-state index in [1.165, 1.54) is 10.6 Å². The van der Waals surface area contributed by atoms with Crippen LogP contribution in [0.5, 0.6) is 17.2 Å². The summed E-state index contributed by atoms with van der Waals surface area (Å²) in [4.78, 5) is 55.3. The Bertz CT molecular complexity index is 2350. The summed E-state index contributed by atoms with van der Waals surface area (Å²) in [5.41, 5.74) is 3.32. The number of carboxylic acid groups (broad SMARTS) is 1. The minimum absolute atomic E-state index is 0.0138. The molecule has 1 fully saturated rings. The quantitative estimate of drug-likeness (QED) is 0.102. The van der Waals surface area contributed by atoms with Gasteiger partial charge in [0.1, 0.15) is 37.3 Å². The van der Waals surface area contributed by atoms with Gasteiger partial charge in [-0.15, -0.1) is 0 Å². The Hall–Kier alpha value is -5.99. The van der Waals surface area contributed by atoms with E-state index in [0.29, 0.717) is 56.2 Å². The molecule has 1 amide bonds. The van der Waals surface area contributed by atoms with Gasteiger partial charge in [-0.3, -0.25) is 4.79 Å². The molecule has 0 saturated carbocycles. The van der Waals surface area contributed by atoms with E-state index in [1.807, 2.05) is 13.8 Å². The summed E-state index contributed by atoms with van der Waals surface area (Å²) in [7, 11) is 0. The van der Waals surface area contributed by atoms with Crippen LogP contribution in [0.3, 0.4) is 0 Å². The number of anilines is 1. The van der Waals surface area contributed by atoms with Crippen molar-refractivity contribution in [1.29, 1.82) is 0 Å². The molecule has 0 radical (unpaired) electrons. The molecule has 8 rings (SSSR count). The van der Waals surface area contributed by atoms with Crippen LogP contribution in [-0.4, -0.2) is 96.7 Å². The number of aliphatic hydroxyl groups excluding tert-OH is 4. The fourth-order valence-electron chi connectivity index (χ4n) is 7.13. The SMILES string of the molecule is CC(C)Nc1cc(COC(=O)NCc2c3c(nc4cc5c(cc24)OCO5)-c2cc4c(c(=O)n2C3)COC(=O)[C@H]4O)ccc1O[C@@H]1OC(C(=O)O)[C@@H](O)C(O)C1O. The van der Waals surface area contributed by atoms with Crippen molar-refractivity contribution in [2.75, 3.05) is 12.1 Å². The zero-order chi connectivity index (χ0) is 39.6. The number of aromatic nitrogens is 2. The minimum atomic E-state index is -1.88. The predicted octanol–water partition coefficient (Wildman–Crippen LogP) is 0.762. The summed E-state index contributed by atoms with van der Waals surface area (Å²) in [6.45, 7) is 3.27. The maximum absolute atomic E-state index is 13.6. The molecule has 2 aromatic heterocycles. The number of esters is 1. The van der Waals surface area contributed by atoms with Gasteiger partial charge in [-0.25, -0.2) is 19.4 Å². The number of rotatable bonds is 9. The number of aliphatic carboxylic acids is 1. The number of fused-ring (bicyclic) bond motifs is 6. The third-order valence-corrected chi connectivity index (χ3v) is 9.89. The molecule has 0 spiro atoms. The highest BCUT2D eigenvalue weighted by Crippen LogP contribution is 2.42. The van der Waals surface area contributed by atoms with Crippen molar-refractivity contribution >= 4 is 34.6 Å². The molecule has 0 aliphatic carbocycles. The summed E-state index contributed by atoms with van der Waals surface area (Å²) < 4.78 is 34.3. The number of carbonyl (C=O) groups excluding carboxylic acids is 2. The van der Waals surface area contributed by atoms with Crippen molar-refractivity contribution in [3.63, 3.8) is 0 Å². The van der Waals surface area contributed by atoms with E-state index in [9.17, 15) is 44.7 Å². The van der Waals surface area contributed by atoms with Gasteiger partial charge < -0.3 is 69.2 Å². The number of ether oxygens (including phenoxy) is 6. The number of nitrogens with one attached hydrogen (secondary N) is 2. The fraction of sp³-hybridized carbons (Fsp3) is 0.378. The van der Waals surface area contributed by atoms with E-state index in [1.54, 1.807) is 30.3 Å². The number of amides is 1. The monoisotopic (exact) mass is 776 g/mol. The Morgan fingerprint density at radius 1 is 0.982 bits per heavy atom. The predicted molar refractivity (Wildman–Crippen MR) is 189 cm³/mol. The Morgan fingerprint density at radius 3 is 2.50 bits per heavy atom. The summed E-state index contributed by atoms with van der Waals surface area (Å²) in [5.74, 6) is -1.34. The Balaban J connectivity index is 1.02. The van der Waals surface area contributed by atoms with Crippen LogP contribution in [0.1, 0.15) is 47.8 Å². The summed E-state index contributed by atoms with van der Waals surface area (Å²) in [6.07, 6.45) is -11.4. The molecule has 0 bridgehead atoms. The van der Waals surface area contributed by atoms with Crippen LogP contribution in [-0.2, 0) is 50.1 Å². The van der Waals surface area contributed by atoms with Crippen molar-refractivity contribution in [3.8, 4) is 28.6 Å². The number of aliphatic hydroxyl groups is 4. The number of hydrogen-bond acceptors (Lipinski definition) is 16. The fourth-order valence-corrected chi connectivity index (χ4v) is 7.13. The second-order valence-corrected chi connectivity index (χ2v) is 13.9. The van der Waals surface area contributed by atoms with Gasteiger partial charge in [0.05, 0.1) is 34.7 Å². The first-order valence-corrected chi connectivity index (χ1v) is 17.5. The number of alkyl carbamates (subject to hydrolysis) is 1. The highest BCUT2D eigenvalue weighted by molar-refractivity contribution is 5.91. The largest absolute Gasteiger partial charge is 0.479 e. The third-order valence-electron chi connectivity index (χ3n) is 9.89. The topological polar surface area (TPSA) is 267 Å². The number of carboxylic acids is 1. The number of hydrogen-bond donors (Lipinski definition) is 7. The molecule has 3 unspecified atom stereocenters. The first-order chi connectivity index (χ1) is 26.8. The molecule has 6 atom stereocenters. The average molecular weight is 777 g/mol. The smallest absolute Gasteiger partial charge is 0.407 e. The molecule has 294 valence electrons. The van der Waals surface area contributed by atoms with Gasteiger partial charge in [-0.05, 0) is 49.2 Å². The van der Waals surface area contributed by atoms with Crippen LogP contribution < -0.4 is 30.4 Å². The maximum atomic E-state index is 13.6. The molecule has 19 heteroatoms. The number of pyridine rings is 2. The second-order valence-electron chi connectivity index (χ2n) is 13.9. The summed E-state index contributed by atoms with van der Waals surface area (Å²) >= 11 is 0. The second kappa shape index (κ2) is 14.3. The van der Waals surface area contributed by atoms with E-state index in [4.69, 9.17) is 33.4 Å². The van der Waals surface area contributed by atoms with E-state index in [-0.39, 0.29) is 56.0 Å². The van der Waals surface area contributed by atoms with Crippen molar-refractivity contribution in [1.82, 2.24) is 14.9 Å². The lowest BCUT2D eigenvalue weighted by molar-refractivity contribution is -0.271. The lowest BCUT2D eigenvalue weighted by atomic mass is 9.98. The molecular formula is C37H36N4O15. The van der Waals surface area contributed by atoms with Crippen LogP contribution >= 0.6 is 0 Å². The van der Waals surface area contributed by atoms with Crippen LogP contribution in [0.15, 0.2) is 41.2 Å². The van der Waals surface area contributed by atoms with Crippen LogP contribution in [0, 0.1) is 0 Å². The van der Waals surface area contributed by atoms with Crippen molar-refractivity contribution in [2.24, 2.45) is 0 Å². The van der Waals surface area contributed by atoms with Crippen LogP contribution in [0.4, 0.5) is 10.5 Å². The first kappa shape index (κ1) is 37.0. The molecule has 19 nitrogen and oxygen atoms in total. The third kappa shape index (κ3) is 6.47. The lowest BCUT2D eigenvalue weighted by Gasteiger charge is -2.38. The van der Waals surface area contributed by atoms with E-state index in [0.717, 1.165) is 0 Å². The lowest BCUT2D eigenvalue weighted by Crippen LogP contribution is -2.61. The van der Waals surface area contributed by atoms with Gasteiger partial charge in [0.15, 0.2) is 23.7 Å². The van der Waals surface area contributed by atoms with Gasteiger partial charge in [0, 0.05) is 35.2 Å². The van der Waals surface area contributed by atoms with Gasteiger partial charge in [0.2, 0.25) is 13.1 Å². The number of nitrogens with zero attached hydrogens (tertiary/aromatic N) is 2. The standard InChI is InChI=1S/C37H36N4O15/c1-14(2)39-22-5-15(3-4-24(22)55-36-31(45)29(43)30(44)32(56-36)34(47)48)11-52-37(50)38-9-18-16-7-25-26(54-13-53-25)8-21(16)40-27-19(18)10-41-23(27)6-17-20(33(41)46)12-51-35(49)28(17)42/h3-8,14,28-32,36,39,42-45H,9-13H2,1-2H3,(H,38,50)(H,47,48)/t28-,29?,30-,31?,32?,36+/m0/s1. The Morgan fingerprint density at radius 2 is 1.75 bits per heavy atom. The summed E-state index contributed by atoms with van der Waals surface area (Å²) in [6, 6.07) is 9.55. The van der Waals surface area contributed by atoms with Gasteiger partial charge >= 0.3 is 18.0 Å². The zero-order valence-corrected chi connectivity index (χ0v) is 29.8. The first-order valence-electron chi connectivity index (χ1n) is 17.5. The Labute approximate surface area is 315 Å². The Kier molecular flexibility index (Phi) is 9.41. The number of benzene rings is 2. The number of carbonyl (C=O) groups is 3. The molecular weight excluding hydrogens is 740 g/mol. The molecule has 1 saturated heterocycles. The molecule has 2 aromatic carbocycles. The van der Waals surface area contributed by atoms with Crippen molar-refractivity contribution < 1.29 is 68.3 Å². The van der Waals surface area contributed by atoms with Crippen molar-refractivity contribution in [2.45, 2.75) is 83.0 Å². The van der Waals surface area contributed by atoms with E-state index in [2.05, 4.69) is 10.6 Å². The van der Waals surface area contributed by atoms with Gasteiger partial charge in [0.25, 0.3) is 5.56 Å². The normalized spacial score (nSPS) is 23.2. The van der Waals surface area contributed by atoms with E-state index < -0.39 is 60.4 Å². The van der Waals surface area contributed by atoms with Crippen LogP contribution in [0.25, 0.3) is 22.3 Å². The molecule has 56 heavy (non-hydrogen) atoms. The summed E-state index contributed by atoms with van der Waals surface area (Å²) in [5, 5.41) is 57.2. The number of cyclic esters (lactones) is 1. The highest BCUT2D eigenvalue weighted by Gasteiger charge is 2.48. The molecule has 4 aliphatic heterocycles. The molecule has 4 aliphatic rings. The van der Waals surface area contributed by atoms with Gasteiger partial charge in [-0.1, -0.05) is 6.07 Å². The molecule has 4 aromatic rings. The average Bonchev–Trinajstić information content (AvgIpc) is 3.78. The maximum Gasteiger partial charge on any atom is 0.407 e. The van der Waals surface area contributed by atoms with Crippen molar-refractivity contribution in [3.05, 3.63) is 74.6 Å². The molecule has 7 N–H and O–H groups in total. The van der Waals surface area contributed by atoms with E-state index >= 15 is 0 Å². The minimum Gasteiger partial charge on any atom is -0.479 e. The molecule has 6 heterocycles. The van der Waals surface area contributed by atoms with Crippen LogP contribution in [0.2, 0.25) is 0 Å². The zero-order valence-electron chi connectivity index (χ0n) is 29.8. The highest BCUT2D eigenvalue weighted by atomic mass is 16.7. The van der Waals surface area contributed by atoms with Gasteiger partial charge in [-0.2, -0.15) is 0 Å².